The molecule has 3 nitrogen and oxygen atoms in total. The third kappa shape index (κ3) is 3.44. The first kappa shape index (κ1) is 15.0. The maximum absolute atomic E-state index is 12.4. The number of alkyl halides is 1. The molecule has 1 rings (SSSR count). The van der Waals surface area contributed by atoms with Crippen molar-refractivity contribution >= 4 is 33.0 Å². The third-order valence-electron chi connectivity index (χ3n) is 2.43. The van der Waals surface area contributed by atoms with Gasteiger partial charge in [-0.05, 0) is 32.4 Å². The van der Waals surface area contributed by atoms with Crippen molar-refractivity contribution in [1.82, 2.24) is 4.31 Å². The smallest absolute Gasteiger partial charge is 0.206 e. The number of halogens is 1. The maximum Gasteiger partial charge on any atom is 0.252 e. The van der Waals surface area contributed by atoms with E-state index >= 15 is 0 Å². The Balaban J connectivity index is 3.07. The van der Waals surface area contributed by atoms with Gasteiger partial charge in [-0.3, -0.25) is 0 Å². The summed E-state index contributed by atoms with van der Waals surface area (Å²) in [5, 5.41) is 0. The summed E-state index contributed by atoms with van der Waals surface area (Å²) in [5.41, 5.74) is 0. The summed E-state index contributed by atoms with van der Waals surface area (Å²) in [6.07, 6.45) is 0.859. The molecule has 0 aromatic carbocycles. The minimum absolute atomic E-state index is 0.0778. The predicted molar refractivity (Wildman–Crippen MR) is 73.4 cm³/mol. The van der Waals surface area contributed by atoms with Gasteiger partial charge in [-0.1, -0.05) is 6.92 Å². The SMILES string of the molecule is CCc1ccc(S(=O)(=O)N(CCCl)C(C)C)s1. The fourth-order valence-electron chi connectivity index (χ4n) is 1.54. The maximum atomic E-state index is 12.4. The molecular weight excluding hydrogens is 278 g/mol. The molecule has 1 aromatic rings. The van der Waals surface area contributed by atoms with Crippen LogP contribution in [0, 0.1) is 0 Å². The van der Waals surface area contributed by atoms with Crippen molar-refractivity contribution in [3.05, 3.63) is 17.0 Å². The topological polar surface area (TPSA) is 37.4 Å². The summed E-state index contributed by atoms with van der Waals surface area (Å²) < 4.78 is 26.6. The molecule has 0 amide bonds. The lowest BCUT2D eigenvalue weighted by molar-refractivity contribution is 0.371. The quantitative estimate of drug-likeness (QED) is 0.757. The van der Waals surface area contributed by atoms with Gasteiger partial charge in [0.15, 0.2) is 0 Å². The Morgan fingerprint density at radius 1 is 1.41 bits per heavy atom. The number of rotatable bonds is 6. The molecule has 6 heteroatoms. The van der Waals surface area contributed by atoms with Crippen LogP contribution in [0.3, 0.4) is 0 Å². The summed E-state index contributed by atoms with van der Waals surface area (Å²) >= 11 is 7.00. The van der Waals surface area contributed by atoms with Crippen molar-refractivity contribution in [3.63, 3.8) is 0 Å². The number of sulfonamides is 1. The van der Waals surface area contributed by atoms with Gasteiger partial charge in [0, 0.05) is 23.3 Å². The van der Waals surface area contributed by atoms with E-state index in [2.05, 4.69) is 0 Å². The fraction of sp³-hybridized carbons (Fsp3) is 0.636. The van der Waals surface area contributed by atoms with Crippen LogP contribution in [-0.2, 0) is 16.4 Å². The second-order valence-corrected chi connectivity index (χ2v) is 7.64. The van der Waals surface area contributed by atoms with Crippen molar-refractivity contribution in [2.45, 2.75) is 37.4 Å². The Morgan fingerprint density at radius 2 is 2.06 bits per heavy atom. The number of hydrogen-bond donors (Lipinski definition) is 0. The van der Waals surface area contributed by atoms with E-state index in [-0.39, 0.29) is 6.04 Å². The molecule has 98 valence electrons. The highest BCUT2D eigenvalue weighted by Gasteiger charge is 2.27. The van der Waals surface area contributed by atoms with Crippen LogP contribution in [0.1, 0.15) is 25.6 Å². The molecule has 17 heavy (non-hydrogen) atoms. The first-order valence-corrected chi connectivity index (χ1v) is 8.39. The van der Waals surface area contributed by atoms with Crippen molar-refractivity contribution in [1.29, 1.82) is 0 Å². The van der Waals surface area contributed by atoms with E-state index in [1.54, 1.807) is 6.07 Å². The Labute approximate surface area is 112 Å². The second kappa shape index (κ2) is 6.18. The lowest BCUT2D eigenvalue weighted by Gasteiger charge is -2.24. The standard InChI is InChI=1S/C11H18ClNO2S2/c1-4-10-5-6-11(16-10)17(14,15)13(8-7-12)9(2)3/h5-6,9H,4,7-8H2,1-3H3. The molecule has 0 spiro atoms. The summed E-state index contributed by atoms with van der Waals surface area (Å²) in [7, 11) is -3.38. The molecule has 0 radical (unpaired) electrons. The molecular formula is C11H18ClNO2S2. The highest BCUT2D eigenvalue weighted by atomic mass is 35.5. The van der Waals surface area contributed by atoms with E-state index in [0.717, 1.165) is 11.3 Å². The van der Waals surface area contributed by atoms with E-state index in [9.17, 15) is 8.42 Å². The molecule has 0 saturated carbocycles. The molecule has 1 heterocycles. The van der Waals surface area contributed by atoms with Crippen LogP contribution in [0.25, 0.3) is 0 Å². The number of hydrogen-bond acceptors (Lipinski definition) is 3. The van der Waals surface area contributed by atoms with Crippen molar-refractivity contribution in [2.75, 3.05) is 12.4 Å². The van der Waals surface area contributed by atoms with Crippen molar-refractivity contribution < 1.29 is 8.42 Å². The Kier molecular flexibility index (Phi) is 5.44. The Morgan fingerprint density at radius 3 is 2.47 bits per heavy atom. The van der Waals surface area contributed by atoms with Crippen LogP contribution in [0.5, 0.6) is 0 Å². The van der Waals surface area contributed by atoms with Crippen LogP contribution in [0.15, 0.2) is 16.3 Å². The summed E-state index contributed by atoms with van der Waals surface area (Å²) in [5.74, 6) is 0.309. The van der Waals surface area contributed by atoms with Crippen LogP contribution in [0.4, 0.5) is 0 Å². The highest BCUT2D eigenvalue weighted by molar-refractivity contribution is 7.91. The van der Waals surface area contributed by atoms with Crippen LogP contribution < -0.4 is 0 Å². The van der Waals surface area contributed by atoms with Gasteiger partial charge >= 0.3 is 0 Å². The normalized spacial score (nSPS) is 12.6. The largest absolute Gasteiger partial charge is 0.252 e. The molecule has 0 saturated heterocycles. The van der Waals surface area contributed by atoms with Gasteiger partial charge < -0.3 is 0 Å². The molecule has 1 aromatic heterocycles. The van der Waals surface area contributed by atoms with Crippen LogP contribution in [-0.4, -0.2) is 31.2 Å². The first-order chi connectivity index (χ1) is 7.93. The minimum Gasteiger partial charge on any atom is -0.206 e. The summed E-state index contributed by atoms with van der Waals surface area (Å²) in [4.78, 5) is 1.08. The summed E-state index contributed by atoms with van der Waals surface area (Å²) in [6, 6.07) is 3.48. The average Bonchev–Trinajstić information content (AvgIpc) is 2.74. The van der Waals surface area contributed by atoms with E-state index in [1.807, 2.05) is 26.8 Å². The van der Waals surface area contributed by atoms with Gasteiger partial charge in [0.1, 0.15) is 4.21 Å². The van der Waals surface area contributed by atoms with Crippen LogP contribution >= 0.6 is 22.9 Å². The number of aryl methyl sites for hydroxylation is 1. The zero-order chi connectivity index (χ0) is 13.1. The number of thiophene rings is 1. The molecule has 0 atom stereocenters. The van der Waals surface area contributed by atoms with Crippen molar-refractivity contribution in [2.24, 2.45) is 0 Å². The molecule has 0 unspecified atom stereocenters. The minimum atomic E-state index is -3.38. The Hall–Kier alpha value is -0.100. The molecule has 0 aliphatic heterocycles. The molecule has 0 fully saturated rings. The van der Waals surface area contributed by atoms with E-state index in [4.69, 9.17) is 11.6 Å². The predicted octanol–water partition coefficient (Wildman–Crippen LogP) is 2.95. The van der Waals surface area contributed by atoms with Crippen LogP contribution in [0.2, 0.25) is 0 Å². The monoisotopic (exact) mass is 295 g/mol. The zero-order valence-electron chi connectivity index (χ0n) is 10.3. The fourth-order valence-corrected chi connectivity index (χ4v) is 4.89. The van der Waals surface area contributed by atoms with E-state index < -0.39 is 10.0 Å². The van der Waals surface area contributed by atoms with Gasteiger partial charge in [0.2, 0.25) is 0 Å². The molecule has 0 aliphatic carbocycles. The lowest BCUT2D eigenvalue weighted by Crippen LogP contribution is -2.37. The van der Waals surface area contributed by atoms with Gasteiger partial charge in [-0.25, -0.2) is 8.42 Å². The molecule has 0 aliphatic rings. The highest BCUT2D eigenvalue weighted by Crippen LogP contribution is 2.26. The second-order valence-electron chi connectivity index (χ2n) is 3.97. The van der Waals surface area contributed by atoms with Crippen molar-refractivity contribution in [3.8, 4) is 0 Å². The van der Waals surface area contributed by atoms with E-state index in [0.29, 0.717) is 16.6 Å². The van der Waals surface area contributed by atoms with Gasteiger partial charge in [0.25, 0.3) is 10.0 Å². The van der Waals surface area contributed by atoms with E-state index in [1.165, 1.54) is 15.6 Å². The summed E-state index contributed by atoms with van der Waals surface area (Å²) in [6.45, 7) is 6.08. The van der Waals surface area contributed by atoms with Gasteiger partial charge in [-0.2, -0.15) is 4.31 Å². The molecule has 0 N–H and O–H groups in total. The van der Waals surface area contributed by atoms with Gasteiger partial charge in [-0.15, -0.1) is 22.9 Å². The zero-order valence-corrected chi connectivity index (χ0v) is 12.7. The average molecular weight is 296 g/mol. The number of nitrogens with zero attached hydrogens (tertiary/aromatic N) is 1. The Bertz CT molecular complexity index is 454. The molecule has 0 bridgehead atoms. The van der Waals surface area contributed by atoms with Gasteiger partial charge in [0.05, 0.1) is 0 Å². The third-order valence-corrected chi connectivity index (χ3v) is 6.37. The first-order valence-electron chi connectivity index (χ1n) is 5.60. The lowest BCUT2D eigenvalue weighted by atomic mass is 10.4.